The third kappa shape index (κ3) is 7.87. The molecule has 0 heterocycles. The summed E-state index contributed by atoms with van der Waals surface area (Å²) in [6.07, 6.45) is 1.47. The minimum absolute atomic E-state index is 0.0655. The van der Waals surface area contributed by atoms with Crippen molar-refractivity contribution >= 4 is 56.8 Å². The molecule has 4 aromatic rings. The molecule has 0 saturated carbocycles. The predicted octanol–water partition coefficient (Wildman–Crippen LogP) is 8.46. The van der Waals surface area contributed by atoms with E-state index >= 15 is 0 Å². The maximum atomic E-state index is 12.7. The number of amides is 1. The molecule has 4 aromatic carbocycles. The van der Waals surface area contributed by atoms with Crippen molar-refractivity contribution in [2.75, 3.05) is 5.32 Å². The number of nitriles is 1. The van der Waals surface area contributed by atoms with E-state index in [1.807, 2.05) is 48.5 Å². The van der Waals surface area contributed by atoms with Crippen LogP contribution in [-0.4, -0.2) is 5.91 Å². The lowest BCUT2D eigenvalue weighted by Crippen LogP contribution is -2.13. The Hall–Kier alpha value is -3.76. The highest BCUT2D eigenvalue weighted by atomic mass is 79.9. The molecule has 38 heavy (non-hydrogen) atoms. The van der Waals surface area contributed by atoms with Crippen molar-refractivity contribution in [1.29, 1.82) is 5.26 Å². The summed E-state index contributed by atoms with van der Waals surface area (Å²) < 4.78 is 12.6. The Morgan fingerprint density at radius 3 is 2.32 bits per heavy atom. The molecule has 4 rings (SSSR count). The standard InChI is InChI=1S/C30H21BrCl2N2O3/c31-24-7-4-20(5-8-24)18-37-27-11-9-26(10-12-27)35-30(36)23(17-34)14-21-6-13-29(28(33)16-21)38-19-22-2-1-3-25(32)15-22/h1-16H,18-19H2,(H,35,36)/b23-14+. The molecule has 0 saturated heterocycles. The lowest BCUT2D eigenvalue weighted by atomic mass is 10.1. The van der Waals surface area contributed by atoms with Gasteiger partial charge in [0, 0.05) is 15.2 Å². The number of carbonyl (C=O) groups is 1. The van der Waals surface area contributed by atoms with Gasteiger partial charge in [0.15, 0.2) is 0 Å². The molecule has 1 amide bonds. The zero-order chi connectivity index (χ0) is 26.9. The van der Waals surface area contributed by atoms with Gasteiger partial charge in [0.05, 0.1) is 5.02 Å². The fourth-order valence-electron chi connectivity index (χ4n) is 3.41. The Labute approximate surface area is 239 Å². The van der Waals surface area contributed by atoms with Crippen LogP contribution in [0.3, 0.4) is 0 Å². The van der Waals surface area contributed by atoms with Crippen LogP contribution in [0.4, 0.5) is 5.69 Å². The number of hydrogen-bond donors (Lipinski definition) is 1. The Kier molecular flexibility index (Phi) is 9.45. The van der Waals surface area contributed by atoms with Crippen molar-refractivity contribution in [2.24, 2.45) is 0 Å². The Balaban J connectivity index is 1.35. The summed E-state index contributed by atoms with van der Waals surface area (Å²) in [4.78, 5) is 12.7. The largest absolute Gasteiger partial charge is 0.489 e. The SMILES string of the molecule is N#C/C(=C\c1ccc(OCc2cccc(Cl)c2)c(Cl)c1)C(=O)Nc1ccc(OCc2ccc(Br)cc2)cc1. The highest BCUT2D eigenvalue weighted by Crippen LogP contribution is 2.28. The zero-order valence-corrected chi connectivity index (χ0v) is 23.1. The molecular weight excluding hydrogens is 587 g/mol. The molecular formula is C30H21BrCl2N2O3. The number of ether oxygens (including phenoxy) is 2. The number of anilines is 1. The second-order valence-electron chi connectivity index (χ2n) is 8.17. The van der Waals surface area contributed by atoms with Crippen molar-refractivity contribution < 1.29 is 14.3 Å². The smallest absolute Gasteiger partial charge is 0.266 e. The topological polar surface area (TPSA) is 71.3 Å². The van der Waals surface area contributed by atoms with Crippen LogP contribution in [0.15, 0.2) is 101 Å². The van der Waals surface area contributed by atoms with E-state index in [1.54, 1.807) is 48.5 Å². The number of hydrogen-bond acceptors (Lipinski definition) is 4. The van der Waals surface area contributed by atoms with E-state index in [-0.39, 0.29) is 5.57 Å². The van der Waals surface area contributed by atoms with Crippen LogP contribution >= 0.6 is 39.1 Å². The molecule has 0 aliphatic heterocycles. The van der Waals surface area contributed by atoms with Crippen LogP contribution in [0.2, 0.25) is 10.0 Å². The number of rotatable bonds is 9. The van der Waals surface area contributed by atoms with E-state index in [0.717, 1.165) is 15.6 Å². The summed E-state index contributed by atoms with van der Waals surface area (Å²) in [5.74, 6) is 0.608. The predicted molar refractivity (Wildman–Crippen MR) is 154 cm³/mol. The highest BCUT2D eigenvalue weighted by molar-refractivity contribution is 9.10. The first kappa shape index (κ1) is 27.3. The van der Waals surface area contributed by atoms with Gasteiger partial charge in [-0.2, -0.15) is 5.26 Å². The number of nitrogens with zero attached hydrogens (tertiary/aromatic N) is 1. The molecule has 0 fully saturated rings. The second-order valence-corrected chi connectivity index (χ2v) is 9.93. The molecule has 1 N–H and O–H groups in total. The molecule has 0 aromatic heterocycles. The lowest BCUT2D eigenvalue weighted by Gasteiger charge is -2.10. The van der Waals surface area contributed by atoms with Crippen LogP contribution in [0, 0.1) is 11.3 Å². The number of carbonyl (C=O) groups excluding carboxylic acids is 1. The number of nitrogens with one attached hydrogen (secondary N) is 1. The molecule has 0 spiro atoms. The first-order chi connectivity index (χ1) is 18.4. The Morgan fingerprint density at radius 1 is 0.895 bits per heavy atom. The molecule has 8 heteroatoms. The minimum Gasteiger partial charge on any atom is -0.489 e. The van der Waals surface area contributed by atoms with Gasteiger partial charge in [0.25, 0.3) is 5.91 Å². The molecule has 5 nitrogen and oxygen atoms in total. The van der Waals surface area contributed by atoms with Crippen LogP contribution in [0.1, 0.15) is 16.7 Å². The van der Waals surface area contributed by atoms with Gasteiger partial charge in [-0.1, -0.05) is 69.5 Å². The quantitative estimate of drug-likeness (QED) is 0.153. The van der Waals surface area contributed by atoms with Gasteiger partial charge in [-0.3, -0.25) is 4.79 Å². The van der Waals surface area contributed by atoms with Gasteiger partial charge in [-0.05, 0) is 83.4 Å². The van der Waals surface area contributed by atoms with Gasteiger partial charge >= 0.3 is 0 Å². The highest BCUT2D eigenvalue weighted by Gasteiger charge is 2.11. The van der Waals surface area contributed by atoms with E-state index in [0.29, 0.717) is 46.0 Å². The third-order valence-electron chi connectivity index (χ3n) is 5.35. The van der Waals surface area contributed by atoms with Gasteiger partial charge in [-0.15, -0.1) is 0 Å². The summed E-state index contributed by atoms with van der Waals surface area (Å²) in [5.41, 5.74) is 3.01. The average Bonchev–Trinajstić information content (AvgIpc) is 2.91. The van der Waals surface area contributed by atoms with E-state index < -0.39 is 5.91 Å². The van der Waals surface area contributed by atoms with E-state index in [1.165, 1.54) is 6.08 Å². The van der Waals surface area contributed by atoms with Gasteiger partial charge in [0.2, 0.25) is 0 Å². The van der Waals surface area contributed by atoms with Crippen molar-refractivity contribution in [2.45, 2.75) is 13.2 Å². The normalized spacial score (nSPS) is 10.9. The number of halogens is 3. The molecule has 0 bridgehead atoms. The molecule has 0 unspecified atom stereocenters. The molecule has 190 valence electrons. The fourth-order valence-corrected chi connectivity index (χ4v) is 4.13. The van der Waals surface area contributed by atoms with Gasteiger partial charge in [-0.25, -0.2) is 0 Å². The fraction of sp³-hybridized carbons (Fsp3) is 0.0667. The Bertz CT molecular complexity index is 1500. The lowest BCUT2D eigenvalue weighted by molar-refractivity contribution is -0.112. The molecule has 0 aliphatic rings. The maximum absolute atomic E-state index is 12.7. The molecule has 0 radical (unpaired) electrons. The zero-order valence-electron chi connectivity index (χ0n) is 20.0. The van der Waals surface area contributed by atoms with Crippen molar-refractivity contribution in [3.8, 4) is 17.6 Å². The van der Waals surface area contributed by atoms with Crippen LogP contribution in [0.25, 0.3) is 6.08 Å². The summed E-state index contributed by atoms with van der Waals surface area (Å²) in [5, 5.41) is 13.3. The summed E-state index contributed by atoms with van der Waals surface area (Å²) in [7, 11) is 0. The summed E-state index contributed by atoms with van der Waals surface area (Å²) in [6, 6.07) is 29.2. The van der Waals surface area contributed by atoms with Crippen LogP contribution in [-0.2, 0) is 18.0 Å². The van der Waals surface area contributed by atoms with Crippen molar-refractivity contribution in [1.82, 2.24) is 0 Å². The minimum atomic E-state index is -0.534. The monoisotopic (exact) mass is 606 g/mol. The average molecular weight is 608 g/mol. The Morgan fingerprint density at radius 2 is 1.63 bits per heavy atom. The van der Waals surface area contributed by atoms with Gasteiger partial charge < -0.3 is 14.8 Å². The maximum Gasteiger partial charge on any atom is 0.266 e. The second kappa shape index (κ2) is 13.2. The van der Waals surface area contributed by atoms with Crippen LogP contribution < -0.4 is 14.8 Å². The van der Waals surface area contributed by atoms with Crippen molar-refractivity contribution in [3.63, 3.8) is 0 Å². The first-order valence-corrected chi connectivity index (χ1v) is 13.0. The van der Waals surface area contributed by atoms with E-state index in [2.05, 4.69) is 21.2 Å². The van der Waals surface area contributed by atoms with Crippen LogP contribution in [0.5, 0.6) is 11.5 Å². The van der Waals surface area contributed by atoms with Gasteiger partial charge in [0.1, 0.15) is 36.4 Å². The van der Waals surface area contributed by atoms with Crippen molar-refractivity contribution in [3.05, 3.63) is 128 Å². The van der Waals surface area contributed by atoms with E-state index in [4.69, 9.17) is 32.7 Å². The first-order valence-electron chi connectivity index (χ1n) is 11.5. The summed E-state index contributed by atoms with van der Waals surface area (Å²) in [6.45, 7) is 0.725. The summed E-state index contributed by atoms with van der Waals surface area (Å²) >= 11 is 15.8. The third-order valence-corrected chi connectivity index (χ3v) is 6.41. The number of benzene rings is 4. The van der Waals surface area contributed by atoms with E-state index in [9.17, 15) is 10.1 Å². The molecule has 0 atom stereocenters. The molecule has 0 aliphatic carbocycles.